The van der Waals surface area contributed by atoms with Crippen molar-refractivity contribution in [3.63, 3.8) is 0 Å². The zero-order valence-electron chi connectivity index (χ0n) is 22.8. The third-order valence-electron chi connectivity index (χ3n) is 10.8. The van der Waals surface area contributed by atoms with Gasteiger partial charge < -0.3 is 9.64 Å². The van der Waals surface area contributed by atoms with Crippen molar-refractivity contribution in [3.8, 4) is 0 Å². The maximum absolute atomic E-state index is 7.44. The highest BCUT2D eigenvalue weighted by Crippen LogP contribution is 2.59. The van der Waals surface area contributed by atoms with Crippen molar-refractivity contribution < 1.29 is 4.74 Å². The highest BCUT2D eigenvalue weighted by atomic mass is 16.5. The normalized spacial score (nSPS) is 38.5. The van der Waals surface area contributed by atoms with Crippen LogP contribution in [0, 0.1) is 5.92 Å². The van der Waals surface area contributed by atoms with Gasteiger partial charge in [0.15, 0.2) is 0 Å². The summed E-state index contributed by atoms with van der Waals surface area (Å²) in [6.45, 7) is 7.33. The summed E-state index contributed by atoms with van der Waals surface area (Å²) in [5.74, 6) is 1.15. The van der Waals surface area contributed by atoms with Gasteiger partial charge in [-0.25, -0.2) is 0 Å². The molecule has 0 N–H and O–H groups in total. The van der Waals surface area contributed by atoms with Crippen LogP contribution in [-0.2, 0) is 4.74 Å². The molecule has 4 heterocycles. The largest absolute Gasteiger partial charge is 0.359 e. The lowest BCUT2D eigenvalue weighted by atomic mass is 9.73. The van der Waals surface area contributed by atoms with Crippen molar-refractivity contribution in [2.24, 2.45) is 5.92 Å². The predicted octanol–water partition coefficient (Wildman–Crippen LogP) is 6.48. The maximum Gasteiger partial charge on any atom is 0.0966 e. The molecule has 3 fully saturated rings. The molecule has 1 aromatic carbocycles. The van der Waals surface area contributed by atoms with E-state index in [1.165, 1.54) is 99.5 Å². The fraction of sp³-hybridized carbons (Fsp3) is 0.606. The van der Waals surface area contributed by atoms with E-state index in [4.69, 9.17) is 4.74 Å². The minimum absolute atomic E-state index is 0.00331. The van der Waals surface area contributed by atoms with E-state index in [0.29, 0.717) is 17.9 Å². The number of allylic oxidation sites excluding steroid dienone is 1. The number of likely N-dealkylation sites (N-methyl/N-ethyl adjacent to an activating group) is 1. The predicted molar refractivity (Wildman–Crippen MR) is 151 cm³/mol. The summed E-state index contributed by atoms with van der Waals surface area (Å²) in [5.41, 5.74) is 4.54. The van der Waals surface area contributed by atoms with Crippen LogP contribution < -0.4 is 0 Å². The first-order chi connectivity index (χ1) is 18.0. The standard InChI is InChI=1S/C33H43N3O/c1-24-6-7-25(27-9-8-26-12-15-34-23-28(26)20-27)4-3-5-30-21-29-10-11-31(36-18-16-35(2)17-19-36)22-32(29)13-14-33(24,30)37-32/h5,8-9,12,15,20-21,23-25,31H,3-4,6-7,10-11,13-14,16-19,22H2,1-2H3/b30-5-/t24-,25?,31+,32+,33-/m0/s1. The molecule has 0 radical (unpaired) electrons. The van der Waals surface area contributed by atoms with Gasteiger partial charge in [0.25, 0.3) is 0 Å². The molecule has 7 rings (SSSR count). The molecule has 196 valence electrons. The number of nitrogens with zero attached hydrogens (tertiary/aromatic N) is 3. The van der Waals surface area contributed by atoms with Gasteiger partial charge in [-0.2, -0.15) is 0 Å². The Hall–Kier alpha value is -2.01. The van der Waals surface area contributed by atoms with Gasteiger partial charge in [0, 0.05) is 50.0 Å². The van der Waals surface area contributed by atoms with Crippen molar-refractivity contribution in [1.29, 1.82) is 0 Å². The molecule has 5 atom stereocenters. The maximum atomic E-state index is 7.44. The second-order valence-electron chi connectivity index (χ2n) is 12.8. The van der Waals surface area contributed by atoms with Crippen LogP contribution in [0.1, 0.15) is 76.2 Å². The Morgan fingerprint density at radius 3 is 2.76 bits per heavy atom. The third kappa shape index (κ3) is 4.11. The lowest BCUT2D eigenvalue weighted by molar-refractivity contribution is -0.118. The summed E-state index contributed by atoms with van der Waals surface area (Å²) in [4.78, 5) is 9.62. The lowest BCUT2D eigenvalue weighted by Crippen LogP contribution is -2.55. The van der Waals surface area contributed by atoms with E-state index in [1.807, 2.05) is 12.4 Å². The molecule has 1 aromatic heterocycles. The Labute approximate surface area is 222 Å². The van der Waals surface area contributed by atoms with E-state index in [2.05, 4.69) is 65.2 Å². The molecule has 2 aliphatic carbocycles. The highest BCUT2D eigenvalue weighted by molar-refractivity contribution is 5.82. The van der Waals surface area contributed by atoms with E-state index >= 15 is 0 Å². The minimum Gasteiger partial charge on any atom is -0.359 e. The van der Waals surface area contributed by atoms with E-state index in [9.17, 15) is 0 Å². The van der Waals surface area contributed by atoms with Crippen LogP contribution in [0.5, 0.6) is 0 Å². The molecule has 1 saturated carbocycles. The van der Waals surface area contributed by atoms with E-state index in [-0.39, 0.29) is 11.2 Å². The van der Waals surface area contributed by atoms with Crippen LogP contribution >= 0.6 is 0 Å². The fourth-order valence-electron chi connectivity index (χ4n) is 8.41. The van der Waals surface area contributed by atoms with Crippen LogP contribution in [0.2, 0.25) is 0 Å². The average molecular weight is 498 g/mol. The highest BCUT2D eigenvalue weighted by Gasteiger charge is 2.59. The molecule has 0 amide bonds. The molecule has 2 bridgehead atoms. The van der Waals surface area contributed by atoms with Gasteiger partial charge in [-0.15, -0.1) is 0 Å². The minimum atomic E-state index is -0.0737. The molecule has 3 aliphatic heterocycles. The van der Waals surface area contributed by atoms with Crippen LogP contribution in [0.25, 0.3) is 10.8 Å². The first-order valence-corrected chi connectivity index (χ1v) is 14.9. The Balaban J connectivity index is 1.13. The molecule has 2 spiro atoms. The molecule has 4 heteroatoms. The number of hydrogen-bond acceptors (Lipinski definition) is 4. The van der Waals surface area contributed by atoms with Crippen molar-refractivity contribution >= 4 is 10.8 Å². The average Bonchev–Trinajstić information content (AvgIpc) is 3.27. The SMILES string of the molecule is C[C@H]1CCC(c2ccc3ccncc3c2)CC/C=C2/C=C3CC[C@@H](N4CCN(C)CC4)C[C@]34CC[C@@]21O4. The second-order valence-corrected chi connectivity index (χ2v) is 12.8. The molecule has 5 aliphatic rings. The third-order valence-corrected chi connectivity index (χ3v) is 10.8. The Morgan fingerprint density at radius 1 is 0.973 bits per heavy atom. The lowest BCUT2D eigenvalue weighted by Gasteiger charge is -2.50. The fourth-order valence-corrected chi connectivity index (χ4v) is 8.41. The van der Waals surface area contributed by atoms with Crippen molar-refractivity contribution in [1.82, 2.24) is 14.8 Å². The number of fused-ring (bicyclic) bond motifs is 1. The van der Waals surface area contributed by atoms with E-state index in [1.54, 1.807) is 5.57 Å². The zero-order valence-corrected chi connectivity index (χ0v) is 22.8. The van der Waals surface area contributed by atoms with Crippen molar-refractivity contribution in [2.45, 2.75) is 87.9 Å². The topological polar surface area (TPSA) is 28.6 Å². The smallest absolute Gasteiger partial charge is 0.0966 e. The zero-order chi connectivity index (χ0) is 25.0. The number of aromatic nitrogens is 1. The number of ether oxygens (including phenoxy) is 1. The van der Waals surface area contributed by atoms with Crippen LogP contribution in [0.3, 0.4) is 0 Å². The van der Waals surface area contributed by atoms with Crippen molar-refractivity contribution in [3.05, 3.63) is 65.5 Å². The van der Waals surface area contributed by atoms with Crippen LogP contribution in [0.4, 0.5) is 0 Å². The van der Waals surface area contributed by atoms with E-state index < -0.39 is 0 Å². The molecule has 2 saturated heterocycles. The molecular formula is C33H43N3O. The number of pyridine rings is 1. The number of hydrogen-bond donors (Lipinski definition) is 0. The summed E-state index contributed by atoms with van der Waals surface area (Å²) in [6, 6.07) is 9.85. The first kappa shape index (κ1) is 24.1. The monoisotopic (exact) mass is 497 g/mol. The summed E-state index contributed by atoms with van der Waals surface area (Å²) in [5, 5.41) is 2.55. The number of piperazine rings is 1. The summed E-state index contributed by atoms with van der Waals surface area (Å²) in [6.07, 6.45) is 20.1. The van der Waals surface area contributed by atoms with Gasteiger partial charge in [0.1, 0.15) is 0 Å². The van der Waals surface area contributed by atoms with Gasteiger partial charge in [0.2, 0.25) is 0 Å². The van der Waals surface area contributed by atoms with E-state index in [0.717, 1.165) is 6.42 Å². The van der Waals surface area contributed by atoms with Gasteiger partial charge >= 0.3 is 0 Å². The second kappa shape index (κ2) is 9.32. The molecular weight excluding hydrogens is 454 g/mol. The van der Waals surface area contributed by atoms with Crippen molar-refractivity contribution in [2.75, 3.05) is 33.2 Å². The molecule has 1 unspecified atom stereocenters. The van der Waals surface area contributed by atoms with Gasteiger partial charge in [-0.05, 0) is 111 Å². The summed E-state index contributed by atoms with van der Waals surface area (Å²) < 4.78 is 7.44. The van der Waals surface area contributed by atoms with Gasteiger partial charge in [-0.3, -0.25) is 9.88 Å². The van der Waals surface area contributed by atoms with Crippen LogP contribution in [-0.4, -0.2) is 65.3 Å². The first-order valence-electron chi connectivity index (χ1n) is 14.9. The molecule has 4 nitrogen and oxygen atoms in total. The summed E-state index contributed by atoms with van der Waals surface area (Å²) in [7, 11) is 2.26. The molecule has 2 aromatic rings. The number of rotatable bonds is 2. The van der Waals surface area contributed by atoms with Crippen LogP contribution in [0.15, 0.2) is 60.0 Å². The Bertz CT molecular complexity index is 1230. The quantitative estimate of drug-likeness (QED) is 0.475. The van der Waals surface area contributed by atoms with Gasteiger partial charge in [0.05, 0.1) is 11.2 Å². The summed E-state index contributed by atoms with van der Waals surface area (Å²) >= 11 is 0. The Kier molecular flexibility index (Phi) is 6.06. The number of benzene rings is 1. The molecule has 37 heavy (non-hydrogen) atoms. The van der Waals surface area contributed by atoms with Gasteiger partial charge in [-0.1, -0.05) is 31.2 Å². The Morgan fingerprint density at radius 2 is 1.86 bits per heavy atom.